The molecule has 1 fully saturated rings. The van der Waals surface area contributed by atoms with Crippen LogP contribution in [0.15, 0.2) is 48.5 Å². The molecule has 0 spiro atoms. The molecule has 27 heavy (non-hydrogen) atoms. The topological polar surface area (TPSA) is 84.7 Å². The van der Waals surface area contributed by atoms with Crippen LogP contribution in [0.4, 0.5) is 4.39 Å². The van der Waals surface area contributed by atoms with Gasteiger partial charge >= 0.3 is 0 Å². The zero-order chi connectivity index (χ0) is 19.2. The maximum Gasteiger partial charge on any atom is 0.251 e. The van der Waals surface area contributed by atoms with Crippen molar-refractivity contribution in [2.45, 2.75) is 18.9 Å². The molecule has 3 rings (SSSR count). The van der Waals surface area contributed by atoms with Crippen molar-refractivity contribution in [1.82, 2.24) is 10.2 Å². The molecule has 1 heterocycles. The smallest absolute Gasteiger partial charge is 0.251 e. The number of likely N-dealkylation sites (tertiary alicyclic amines) is 1. The lowest BCUT2D eigenvalue weighted by atomic mass is 10.0. The molecule has 0 unspecified atom stereocenters. The monoisotopic (exact) mass is 371 g/mol. The normalized spacial score (nSPS) is 15.3. The van der Waals surface area contributed by atoms with Crippen LogP contribution in [0.3, 0.4) is 0 Å². The summed E-state index contributed by atoms with van der Waals surface area (Å²) in [5.41, 5.74) is 5.75. The summed E-state index contributed by atoms with van der Waals surface area (Å²) in [4.78, 5) is 25.3. The van der Waals surface area contributed by atoms with Crippen LogP contribution in [-0.4, -0.2) is 42.4 Å². The van der Waals surface area contributed by atoms with Gasteiger partial charge in [0.1, 0.15) is 17.3 Å². The Balaban J connectivity index is 1.50. The Labute approximate surface area is 157 Å². The van der Waals surface area contributed by atoms with Gasteiger partial charge in [-0.3, -0.25) is 14.5 Å². The van der Waals surface area contributed by atoms with Gasteiger partial charge in [-0.15, -0.1) is 0 Å². The Hall–Kier alpha value is -2.93. The van der Waals surface area contributed by atoms with Crippen molar-refractivity contribution in [1.29, 1.82) is 0 Å². The molecule has 2 aromatic carbocycles. The second-order valence-corrected chi connectivity index (χ2v) is 6.57. The van der Waals surface area contributed by atoms with E-state index in [-0.39, 0.29) is 30.2 Å². The number of amides is 2. The largest absolute Gasteiger partial charge is 0.457 e. The number of hydrogen-bond donors (Lipinski definition) is 2. The zero-order valence-corrected chi connectivity index (χ0v) is 14.9. The number of rotatable bonds is 6. The number of nitrogens with two attached hydrogens (primary N) is 1. The van der Waals surface area contributed by atoms with Crippen LogP contribution in [-0.2, 0) is 4.79 Å². The van der Waals surface area contributed by atoms with Gasteiger partial charge < -0.3 is 15.8 Å². The number of ether oxygens (including phenoxy) is 1. The molecule has 7 heteroatoms. The van der Waals surface area contributed by atoms with Crippen molar-refractivity contribution in [3.05, 3.63) is 59.9 Å². The van der Waals surface area contributed by atoms with Crippen molar-refractivity contribution in [2.75, 3.05) is 19.6 Å². The first-order chi connectivity index (χ1) is 13.0. The summed E-state index contributed by atoms with van der Waals surface area (Å²) < 4.78 is 18.5. The third kappa shape index (κ3) is 5.52. The number of carbonyl (C=O) groups is 2. The van der Waals surface area contributed by atoms with Gasteiger partial charge in [0.25, 0.3) is 5.91 Å². The first-order valence-electron chi connectivity index (χ1n) is 8.84. The number of benzene rings is 2. The van der Waals surface area contributed by atoms with E-state index in [2.05, 4.69) is 5.32 Å². The van der Waals surface area contributed by atoms with Crippen LogP contribution in [0.1, 0.15) is 23.2 Å². The highest BCUT2D eigenvalue weighted by molar-refractivity contribution is 5.94. The third-order valence-corrected chi connectivity index (χ3v) is 4.47. The third-order valence-electron chi connectivity index (χ3n) is 4.47. The Morgan fingerprint density at radius 3 is 2.15 bits per heavy atom. The van der Waals surface area contributed by atoms with Gasteiger partial charge in [0, 0.05) is 24.7 Å². The summed E-state index contributed by atoms with van der Waals surface area (Å²) in [7, 11) is 0. The molecule has 6 nitrogen and oxygen atoms in total. The van der Waals surface area contributed by atoms with Gasteiger partial charge in [0.05, 0.1) is 6.54 Å². The minimum Gasteiger partial charge on any atom is -0.457 e. The number of carbonyl (C=O) groups excluding carboxylic acids is 2. The van der Waals surface area contributed by atoms with Crippen LogP contribution in [0.2, 0.25) is 0 Å². The van der Waals surface area contributed by atoms with E-state index in [0.29, 0.717) is 17.1 Å². The van der Waals surface area contributed by atoms with Gasteiger partial charge in [0.2, 0.25) is 5.91 Å². The van der Waals surface area contributed by atoms with Crippen molar-refractivity contribution >= 4 is 11.8 Å². The average Bonchev–Trinajstić information content (AvgIpc) is 2.65. The summed E-state index contributed by atoms with van der Waals surface area (Å²) in [6.07, 6.45) is 1.57. The van der Waals surface area contributed by atoms with Crippen LogP contribution in [0, 0.1) is 5.82 Å². The Morgan fingerprint density at radius 1 is 1.04 bits per heavy atom. The fourth-order valence-corrected chi connectivity index (χ4v) is 3.04. The molecule has 0 aromatic heterocycles. The predicted octanol–water partition coefficient (Wildman–Crippen LogP) is 2.30. The minimum absolute atomic E-state index is 0.0803. The lowest BCUT2D eigenvalue weighted by molar-refractivity contribution is -0.119. The molecular weight excluding hydrogens is 349 g/mol. The second kappa shape index (κ2) is 8.64. The summed E-state index contributed by atoms with van der Waals surface area (Å²) in [6, 6.07) is 12.6. The minimum atomic E-state index is -0.333. The Morgan fingerprint density at radius 2 is 1.59 bits per heavy atom. The van der Waals surface area contributed by atoms with Gasteiger partial charge in [-0.1, -0.05) is 0 Å². The molecule has 2 aromatic rings. The molecular formula is C20H22FN3O3. The van der Waals surface area contributed by atoms with Crippen LogP contribution >= 0.6 is 0 Å². The van der Waals surface area contributed by atoms with E-state index in [0.717, 1.165) is 25.9 Å². The predicted molar refractivity (Wildman–Crippen MR) is 99.0 cm³/mol. The molecule has 142 valence electrons. The van der Waals surface area contributed by atoms with Crippen LogP contribution in [0.5, 0.6) is 11.5 Å². The number of primary amides is 1. The van der Waals surface area contributed by atoms with Crippen molar-refractivity contribution < 1.29 is 18.7 Å². The van der Waals surface area contributed by atoms with Crippen LogP contribution < -0.4 is 15.8 Å². The van der Waals surface area contributed by atoms with Crippen molar-refractivity contribution in [3.63, 3.8) is 0 Å². The first kappa shape index (κ1) is 18.8. The molecule has 2 amide bonds. The molecule has 0 aliphatic carbocycles. The molecule has 0 radical (unpaired) electrons. The van der Waals surface area contributed by atoms with Crippen molar-refractivity contribution in [2.24, 2.45) is 5.73 Å². The Bertz CT molecular complexity index is 785. The first-order valence-corrected chi connectivity index (χ1v) is 8.84. The summed E-state index contributed by atoms with van der Waals surface area (Å²) >= 11 is 0. The van der Waals surface area contributed by atoms with E-state index < -0.39 is 0 Å². The SMILES string of the molecule is NC(=O)CN1CCC(NC(=O)c2ccc(Oc3ccc(F)cc3)cc2)CC1. The van der Waals surface area contributed by atoms with Gasteiger partial charge in [-0.05, 0) is 61.4 Å². The number of nitrogens with one attached hydrogen (secondary N) is 1. The van der Waals surface area contributed by atoms with E-state index in [1.165, 1.54) is 12.1 Å². The maximum atomic E-state index is 12.9. The molecule has 1 aliphatic heterocycles. The molecule has 3 N–H and O–H groups in total. The van der Waals surface area contributed by atoms with E-state index in [1.807, 2.05) is 4.90 Å². The van der Waals surface area contributed by atoms with Gasteiger partial charge in [-0.2, -0.15) is 0 Å². The molecule has 1 saturated heterocycles. The lowest BCUT2D eigenvalue weighted by Crippen LogP contribution is -2.46. The summed E-state index contributed by atoms with van der Waals surface area (Å²) in [6.45, 7) is 1.73. The van der Waals surface area contributed by atoms with E-state index in [9.17, 15) is 14.0 Å². The highest BCUT2D eigenvalue weighted by atomic mass is 19.1. The lowest BCUT2D eigenvalue weighted by Gasteiger charge is -2.31. The standard InChI is InChI=1S/C20H22FN3O3/c21-15-3-7-18(8-4-15)27-17-5-1-14(2-6-17)20(26)23-16-9-11-24(12-10-16)13-19(22)25/h1-8,16H,9-13H2,(H2,22,25)(H,23,26). The highest BCUT2D eigenvalue weighted by Gasteiger charge is 2.21. The van der Waals surface area contributed by atoms with Gasteiger partial charge in [-0.25, -0.2) is 4.39 Å². The zero-order valence-electron chi connectivity index (χ0n) is 14.9. The average molecular weight is 371 g/mol. The summed E-state index contributed by atoms with van der Waals surface area (Å²) in [5.74, 6) is 0.293. The molecule has 0 atom stereocenters. The van der Waals surface area contributed by atoms with Gasteiger partial charge in [0.15, 0.2) is 0 Å². The number of halogens is 1. The fourth-order valence-electron chi connectivity index (χ4n) is 3.04. The number of hydrogen-bond acceptors (Lipinski definition) is 4. The highest BCUT2D eigenvalue weighted by Crippen LogP contribution is 2.22. The molecule has 1 aliphatic rings. The van der Waals surface area contributed by atoms with Crippen LogP contribution in [0.25, 0.3) is 0 Å². The molecule has 0 bridgehead atoms. The van der Waals surface area contributed by atoms with E-state index >= 15 is 0 Å². The number of piperidine rings is 1. The van der Waals surface area contributed by atoms with E-state index in [1.54, 1.807) is 36.4 Å². The molecule has 0 saturated carbocycles. The number of nitrogens with zero attached hydrogens (tertiary/aromatic N) is 1. The van der Waals surface area contributed by atoms with E-state index in [4.69, 9.17) is 10.5 Å². The second-order valence-electron chi connectivity index (χ2n) is 6.57. The van der Waals surface area contributed by atoms with Crippen molar-refractivity contribution in [3.8, 4) is 11.5 Å². The quantitative estimate of drug-likeness (QED) is 0.816. The maximum absolute atomic E-state index is 12.9. The fraction of sp³-hybridized carbons (Fsp3) is 0.300. The Kier molecular flexibility index (Phi) is 6.03. The summed E-state index contributed by atoms with van der Waals surface area (Å²) in [5, 5.41) is 3.02.